The Hall–Kier alpha value is -1.78. The molecule has 1 fully saturated rings. The highest BCUT2D eigenvalue weighted by atomic mass is 32.1. The highest BCUT2D eigenvalue weighted by molar-refractivity contribution is 7.80. The van der Waals surface area contributed by atoms with Crippen molar-refractivity contribution in [1.82, 2.24) is 9.88 Å². The predicted octanol–water partition coefficient (Wildman–Crippen LogP) is 2.71. The van der Waals surface area contributed by atoms with Crippen molar-refractivity contribution in [1.29, 1.82) is 0 Å². The van der Waals surface area contributed by atoms with E-state index in [1.807, 2.05) is 6.07 Å². The Morgan fingerprint density at radius 1 is 1.24 bits per heavy atom. The molecule has 1 aromatic carbocycles. The Kier molecular flexibility index (Phi) is 4.27. The first-order valence-corrected chi connectivity index (χ1v) is 7.66. The minimum Gasteiger partial charge on any atom is -0.388 e. The highest BCUT2D eigenvalue weighted by Gasteiger charge is 2.24. The van der Waals surface area contributed by atoms with Gasteiger partial charge in [-0.25, -0.2) is 0 Å². The van der Waals surface area contributed by atoms with Crippen LogP contribution in [0.1, 0.15) is 29.2 Å². The number of rotatable bonds is 4. The highest BCUT2D eigenvalue weighted by Crippen LogP contribution is 2.28. The van der Waals surface area contributed by atoms with Gasteiger partial charge in [-0.15, -0.1) is 0 Å². The molecule has 1 aromatic heterocycles. The van der Waals surface area contributed by atoms with Crippen LogP contribution in [-0.4, -0.2) is 28.0 Å². The van der Waals surface area contributed by atoms with Crippen molar-refractivity contribution in [2.75, 3.05) is 13.1 Å². The van der Waals surface area contributed by atoms with E-state index < -0.39 is 0 Å². The van der Waals surface area contributed by atoms with E-state index in [1.54, 1.807) is 6.20 Å². The molecular formula is C17H19N3S. The maximum absolute atomic E-state index is 5.76. The summed E-state index contributed by atoms with van der Waals surface area (Å²) in [6.07, 6.45) is 2.95. The topological polar surface area (TPSA) is 42.1 Å². The summed E-state index contributed by atoms with van der Waals surface area (Å²) in [6.45, 7) is 3.05. The molecule has 2 heterocycles. The largest absolute Gasteiger partial charge is 0.388 e. The minimum atomic E-state index is 0.379. The molecule has 1 atom stereocenters. The van der Waals surface area contributed by atoms with Crippen LogP contribution in [0.5, 0.6) is 0 Å². The molecule has 0 radical (unpaired) electrons. The molecule has 0 bridgehead atoms. The van der Waals surface area contributed by atoms with Gasteiger partial charge < -0.3 is 5.73 Å². The molecule has 3 rings (SSSR count). The van der Waals surface area contributed by atoms with E-state index in [4.69, 9.17) is 18.0 Å². The summed E-state index contributed by atoms with van der Waals surface area (Å²) in [6, 6.07) is 14.8. The summed E-state index contributed by atoms with van der Waals surface area (Å²) in [5, 5.41) is 0. The first kappa shape index (κ1) is 14.2. The number of nitrogens with zero attached hydrogens (tertiary/aromatic N) is 2. The van der Waals surface area contributed by atoms with E-state index in [0.29, 0.717) is 10.9 Å². The van der Waals surface area contributed by atoms with Crippen molar-refractivity contribution in [2.24, 2.45) is 5.73 Å². The number of likely N-dealkylation sites (tertiary alicyclic amines) is 1. The maximum atomic E-state index is 5.76. The fourth-order valence-corrected chi connectivity index (χ4v) is 3.19. The summed E-state index contributed by atoms with van der Waals surface area (Å²) in [5.41, 5.74) is 9.07. The number of thiocarbonyl (C=S) groups is 1. The first-order chi connectivity index (χ1) is 10.2. The average Bonchev–Trinajstić information content (AvgIpc) is 2.97. The molecule has 1 aliphatic heterocycles. The lowest BCUT2D eigenvalue weighted by Gasteiger charge is -2.17. The third-order valence-electron chi connectivity index (χ3n) is 4.06. The molecule has 1 saturated heterocycles. The Morgan fingerprint density at radius 3 is 2.81 bits per heavy atom. The van der Waals surface area contributed by atoms with Gasteiger partial charge >= 0.3 is 0 Å². The second kappa shape index (κ2) is 6.33. The molecule has 4 heteroatoms. The smallest absolute Gasteiger partial charge is 0.123 e. The van der Waals surface area contributed by atoms with Crippen LogP contribution in [0.2, 0.25) is 0 Å². The minimum absolute atomic E-state index is 0.379. The van der Waals surface area contributed by atoms with Crippen LogP contribution in [0.3, 0.4) is 0 Å². The SMILES string of the molecule is NC(=S)c1ncccc1CN1CCC(c2ccccc2)C1. The average molecular weight is 297 g/mol. The summed E-state index contributed by atoms with van der Waals surface area (Å²) in [4.78, 5) is 7.14. The zero-order valence-corrected chi connectivity index (χ0v) is 12.7. The molecule has 2 N–H and O–H groups in total. The number of hydrogen-bond donors (Lipinski definition) is 1. The number of pyridine rings is 1. The molecule has 1 unspecified atom stereocenters. The summed E-state index contributed by atoms with van der Waals surface area (Å²) >= 11 is 5.09. The van der Waals surface area contributed by atoms with Gasteiger partial charge in [0, 0.05) is 19.3 Å². The van der Waals surface area contributed by atoms with Crippen LogP contribution in [0.15, 0.2) is 48.7 Å². The second-order valence-corrected chi connectivity index (χ2v) is 5.95. The van der Waals surface area contributed by atoms with Crippen molar-refractivity contribution in [2.45, 2.75) is 18.9 Å². The Labute approximate surface area is 130 Å². The molecule has 21 heavy (non-hydrogen) atoms. The molecule has 3 nitrogen and oxygen atoms in total. The molecule has 0 amide bonds. The van der Waals surface area contributed by atoms with E-state index in [1.165, 1.54) is 12.0 Å². The van der Waals surface area contributed by atoms with Gasteiger partial charge in [0.05, 0.1) is 0 Å². The normalized spacial score (nSPS) is 18.8. The van der Waals surface area contributed by atoms with Crippen LogP contribution >= 0.6 is 12.2 Å². The maximum Gasteiger partial charge on any atom is 0.123 e. The third-order valence-corrected chi connectivity index (χ3v) is 4.26. The van der Waals surface area contributed by atoms with Crippen LogP contribution in [0.4, 0.5) is 0 Å². The Bertz CT molecular complexity index is 627. The number of hydrogen-bond acceptors (Lipinski definition) is 3. The zero-order chi connectivity index (χ0) is 14.7. The van der Waals surface area contributed by atoms with Gasteiger partial charge in [-0.1, -0.05) is 48.6 Å². The van der Waals surface area contributed by atoms with E-state index in [0.717, 1.165) is 30.9 Å². The van der Waals surface area contributed by atoms with Gasteiger partial charge in [0.15, 0.2) is 0 Å². The molecule has 0 aliphatic carbocycles. The lowest BCUT2D eigenvalue weighted by atomic mass is 9.99. The van der Waals surface area contributed by atoms with Crippen molar-refractivity contribution in [3.8, 4) is 0 Å². The van der Waals surface area contributed by atoms with E-state index in [2.05, 4.69) is 46.3 Å². The predicted molar refractivity (Wildman–Crippen MR) is 89.2 cm³/mol. The van der Waals surface area contributed by atoms with Gasteiger partial charge in [0.25, 0.3) is 0 Å². The van der Waals surface area contributed by atoms with Crippen molar-refractivity contribution < 1.29 is 0 Å². The molecule has 108 valence electrons. The number of aromatic nitrogens is 1. The van der Waals surface area contributed by atoms with E-state index in [9.17, 15) is 0 Å². The summed E-state index contributed by atoms with van der Waals surface area (Å²) in [7, 11) is 0. The Morgan fingerprint density at radius 2 is 2.05 bits per heavy atom. The zero-order valence-electron chi connectivity index (χ0n) is 11.9. The fraction of sp³-hybridized carbons (Fsp3) is 0.294. The number of nitrogens with two attached hydrogens (primary N) is 1. The van der Waals surface area contributed by atoms with Crippen molar-refractivity contribution in [3.05, 3.63) is 65.5 Å². The molecule has 2 aromatic rings. The van der Waals surface area contributed by atoms with E-state index in [-0.39, 0.29) is 0 Å². The Balaban J connectivity index is 1.69. The third kappa shape index (κ3) is 3.28. The quantitative estimate of drug-likeness (QED) is 0.881. The van der Waals surface area contributed by atoms with Crippen LogP contribution in [-0.2, 0) is 6.54 Å². The van der Waals surface area contributed by atoms with Crippen LogP contribution in [0.25, 0.3) is 0 Å². The van der Waals surface area contributed by atoms with Crippen LogP contribution in [0, 0.1) is 0 Å². The van der Waals surface area contributed by atoms with E-state index >= 15 is 0 Å². The van der Waals surface area contributed by atoms with Gasteiger partial charge in [-0.05, 0) is 36.1 Å². The standard InChI is InChI=1S/C17H19N3S/c18-17(21)16-15(7-4-9-19-16)12-20-10-8-14(11-20)13-5-2-1-3-6-13/h1-7,9,14H,8,10-12H2,(H2,18,21). The molecule has 0 saturated carbocycles. The summed E-state index contributed by atoms with van der Waals surface area (Å²) < 4.78 is 0. The monoisotopic (exact) mass is 297 g/mol. The van der Waals surface area contributed by atoms with Crippen molar-refractivity contribution in [3.63, 3.8) is 0 Å². The van der Waals surface area contributed by atoms with Gasteiger partial charge in [0.2, 0.25) is 0 Å². The van der Waals surface area contributed by atoms with Crippen LogP contribution < -0.4 is 5.73 Å². The molecule has 0 spiro atoms. The molecular weight excluding hydrogens is 278 g/mol. The lowest BCUT2D eigenvalue weighted by molar-refractivity contribution is 0.326. The number of benzene rings is 1. The van der Waals surface area contributed by atoms with Gasteiger partial charge in [-0.3, -0.25) is 9.88 Å². The summed E-state index contributed by atoms with van der Waals surface area (Å²) in [5.74, 6) is 0.621. The van der Waals surface area contributed by atoms with Gasteiger partial charge in [0.1, 0.15) is 10.7 Å². The lowest BCUT2D eigenvalue weighted by Crippen LogP contribution is -2.23. The van der Waals surface area contributed by atoms with Gasteiger partial charge in [-0.2, -0.15) is 0 Å². The first-order valence-electron chi connectivity index (χ1n) is 7.25. The second-order valence-electron chi connectivity index (χ2n) is 5.51. The fourth-order valence-electron chi connectivity index (χ4n) is 3.00. The molecule has 1 aliphatic rings. The van der Waals surface area contributed by atoms with Crippen molar-refractivity contribution >= 4 is 17.2 Å².